The van der Waals surface area contributed by atoms with Gasteiger partial charge in [0.25, 0.3) is 5.91 Å². The van der Waals surface area contributed by atoms with Crippen LogP contribution in [0.5, 0.6) is 0 Å². The van der Waals surface area contributed by atoms with Crippen molar-refractivity contribution in [2.75, 3.05) is 19.8 Å². The lowest BCUT2D eigenvalue weighted by atomic mass is 9.91. The number of hydrogen-bond donors (Lipinski definition) is 3. The standard InChI is InChI=1S/C22H29N5O4/c28-21(24-30)8-7-17-3-5-18(6-4-17)14-26-11-1-2-19(26)15-27-16-20(23-25-27)22(29)9-12-31-13-10-22/h3-8,16,19,29-30H,1-2,9-15H2,(H,24,28)/t19-/m1/s1. The molecule has 1 amide bonds. The predicted molar refractivity (Wildman–Crippen MR) is 113 cm³/mol. The molecule has 9 heteroatoms. The molecule has 2 aliphatic rings. The fraction of sp³-hybridized carbons (Fsp3) is 0.500. The molecule has 1 aromatic heterocycles. The Bertz CT molecular complexity index is 905. The molecule has 0 aliphatic carbocycles. The van der Waals surface area contributed by atoms with Gasteiger partial charge in [-0.15, -0.1) is 5.10 Å². The molecule has 1 atom stereocenters. The van der Waals surface area contributed by atoms with Crippen molar-refractivity contribution in [3.63, 3.8) is 0 Å². The molecule has 3 N–H and O–H groups in total. The van der Waals surface area contributed by atoms with Crippen molar-refractivity contribution < 1.29 is 19.8 Å². The highest BCUT2D eigenvalue weighted by Crippen LogP contribution is 2.30. The van der Waals surface area contributed by atoms with E-state index >= 15 is 0 Å². The lowest BCUT2D eigenvalue weighted by Gasteiger charge is -2.29. The van der Waals surface area contributed by atoms with Crippen molar-refractivity contribution >= 4 is 12.0 Å². The fourth-order valence-electron chi connectivity index (χ4n) is 4.27. The molecule has 1 aromatic carbocycles. The van der Waals surface area contributed by atoms with E-state index in [-0.39, 0.29) is 0 Å². The Morgan fingerprint density at radius 1 is 1.29 bits per heavy atom. The van der Waals surface area contributed by atoms with Gasteiger partial charge in [0, 0.05) is 44.7 Å². The lowest BCUT2D eigenvalue weighted by molar-refractivity contribution is -0.124. The van der Waals surface area contributed by atoms with Crippen LogP contribution < -0.4 is 5.48 Å². The van der Waals surface area contributed by atoms with Gasteiger partial charge in [-0.2, -0.15) is 0 Å². The first kappa shape index (κ1) is 21.6. The smallest absolute Gasteiger partial charge is 0.267 e. The molecule has 0 saturated carbocycles. The molecular formula is C22H29N5O4. The summed E-state index contributed by atoms with van der Waals surface area (Å²) >= 11 is 0. The topological polar surface area (TPSA) is 113 Å². The summed E-state index contributed by atoms with van der Waals surface area (Å²) in [4.78, 5) is 13.5. The summed E-state index contributed by atoms with van der Waals surface area (Å²) in [5.74, 6) is -0.552. The third-order valence-electron chi connectivity index (χ3n) is 6.14. The molecule has 0 radical (unpaired) electrons. The summed E-state index contributed by atoms with van der Waals surface area (Å²) in [6.45, 7) is 3.71. The second-order valence-corrected chi connectivity index (χ2v) is 8.29. The molecule has 2 saturated heterocycles. The molecule has 9 nitrogen and oxygen atoms in total. The Morgan fingerprint density at radius 2 is 2.06 bits per heavy atom. The third kappa shape index (κ3) is 5.37. The molecular weight excluding hydrogens is 398 g/mol. The second-order valence-electron chi connectivity index (χ2n) is 8.29. The monoisotopic (exact) mass is 427 g/mol. The number of hydrogen-bond acceptors (Lipinski definition) is 7. The number of amides is 1. The molecule has 2 fully saturated rings. The van der Waals surface area contributed by atoms with Gasteiger partial charge in [0.05, 0.1) is 12.7 Å². The second kappa shape index (κ2) is 9.69. The van der Waals surface area contributed by atoms with E-state index in [4.69, 9.17) is 9.94 Å². The summed E-state index contributed by atoms with van der Waals surface area (Å²) in [6.07, 6.45) is 8.17. The van der Waals surface area contributed by atoms with E-state index in [9.17, 15) is 9.90 Å². The molecule has 4 rings (SSSR count). The van der Waals surface area contributed by atoms with Crippen LogP contribution in [0.1, 0.15) is 42.5 Å². The van der Waals surface area contributed by atoms with Crippen molar-refractivity contribution in [1.29, 1.82) is 0 Å². The zero-order valence-electron chi connectivity index (χ0n) is 17.5. The summed E-state index contributed by atoms with van der Waals surface area (Å²) in [6, 6.07) is 8.40. The maximum atomic E-state index is 11.1. The molecule has 31 heavy (non-hydrogen) atoms. The van der Waals surface area contributed by atoms with Crippen LogP contribution in [0.15, 0.2) is 36.5 Å². The number of likely N-dealkylation sites (tertiary alicyclic amines) is 1. The van der Waals surface area contributed by atoms with E-state index in [1.54, 1.807) is 11.6 Å². The average Bonchev–Trinajstić information content (AvgIpc) is 3.44. The summed E-state index contributed by atoms with van der Waals surface area (Å²) < 4.78 is 7.21. The Hall–Kier alpha value is -2.59. The molecule has 0 unspecified atom stereocenters. The van der Waals surface area contributed by atoms with Gasteiger partial charge in [0.15, 0.2) is 0 Å². The van der Waals surface area contributed by atoms with Crippen LogP contribution >= 0.6 is 0 Å². The largest absolute Gasteiger partial charge is 0.383 e. The zero-order chi connectivity index (χ0) is 21.7. The fourth-order valence-corrected chi connectivity index (χ4v) is 4.27. The van der Waals surface area contributed by atoms with Gasteiger partial charge in [-0.25, -0.2) is 5.48 Å². The number of carbonyl (C=O) groups excluding carboxylic acids is 1. The average molecular weight is 428 g/mol. The number of aromatic nitrogens is 3. The Morgan fingerprint density at radius 3 is 2.81 bits per heavy atom. The molecule has 0 bridgehead atoms. The van der Waals surface area contributed by atoms with Gasteiger partial charge in [-0.1, -0.05) is 29.5 Å². The van der Waals surface area contributed by atoms with Gasteiger partial charge in [0.1, 0.15) is 11.3 Å². The van der Waals surface area contributed by atoms with Crippen LogP contribution in [0, 0.1) is 0 Å². The van der Waals surface area contributed by atoms with Crippen LogP contribution in [0.4, 0.5) is 0 Å². The first-order valence-electron chi connectivity index (χ1n) is 10.7. The third-order valence-corrected chi connectivity index (χ3v) is 6.14. The van der Waals surface area contributed by atoms with Gasteiger partial charge < -0.3 is 9.84 Å². The van der Waals surface area contributed by atoms with E-state index in [0.29, 0.717) is 37.8 Å². The van der Waals surface area contributed by atoms with Crippen LogP contribution in [-0.2, 0) is 28.2 Å². The van der Waals surface area contributed by atoms with E-state index in [2.05, 4.69) is 27.3 Å². The van der Waals surface area contributed by atoms with Crippen LogP contribution in [0.3, 0.4) is 0 Å². The number of rotatable bonds is 7. The lowest BCUT2D eigenvalue weighted by Crippen LogP contribution is -2.34. The van der Waals surface area contributed by atoms with Crippen LogP contribution in [-0.4, -0.2) is 61.9 Å². The number of nitrogens with zero attached hydrogens (tertiary/aromatic N) is 4. The first-order valence-corrected chi connectivity index (χ1v) is 10.7. The molecule has 2 aliphatic heterocycles. The van der Waals surface area contributed by atoms with E-state index < -0.39 is 11.5 Å². The molecule has 2 aromatic rings. The van der Waals surface area contributed by atoms with Gasteiger partial charge in [-0.3, -0.25) is 19.6 Å². The minimum absolute atomic E-state index is 0.367. The summed E-state index contributed by atoms with van der Waals surface area (Å²) in [5, 5.41) is 27.9. The number of nitrogens with one attached hydrogen (secondary N) is 1. The molecule has 3 heterocycles. The van der Waals surface area contributed by atoms with E-state index in [0.717, 1.165) is 38.0 Å². The Kier molecular flexibility index (Phi) is 6.77. The minimum atomic E-state index is -0.931. The summed E-state index contributed by atoms with van der Waals surface area (Å²) in [7, 11) is 0. The van der Waals surface area contributed by atoms with Gasteiger partial charge >= 0.3 is 0 Å². The highest BCUT2D eigenvalue weighted by molar-refractivity contribution is 5.90. The molecule has 0 spiro atoms. The number of carbonyl (C=O) groups is 1. The Labute approximate surface area is 181 Å². The van der Waals surface area contributed by atoms with Crippen molar-refractivity contribution in [1.82, 2.24) is 25.4 Å². The minimum Gasteiger partial charge on any atom is -0.383 e. The van der Waals surface area contributed by atoms with Crippen molar-refractivity contribution in [2.24, 2.45) is 0 Å². The zero-order valence-corrected chi connectivity index (χ0v) is 17.5. The van der Waals surface area contributed by atoms with Gasteiger partial charge in [-0.05, 0) is 36.6 Å². The maximum Gasteiger partial charge on any atom is 0.267 e. The summed E-state index contributed by atoms with van der Waals surface area (Å²) in [5.41, 5.74) is 3.38. The highest BCUT2D eigenvalue weighted by Gasteiger charge is 2.35. The number of hydroxylamine groups is 1. The van der Waals surface area contributed by atoms with Gasteiger partial charge in [0.2, 0.25) is 0 Å². The van der Waals surface area contributed by atoms with Crippen LogP contribution in [0.2, 0.25) is 0 Å². The first-order chi connectivity index (χ1) is 15.1. The van der Waals surface area contributed by atoms with E-state index in [1.165, 1.54) is 11.6 Å². The Balaban J connectivity index is 1.35. The maximum absolute atomic E-state index is 11.1. The number of ether oxygens (including phenoxy) is 1. The SMILES string of the molecule is O=C(C=Cc1ccc(CN2CCC[C@@H]2Cn2cc(C3(O)CCOCC3)nn2)cc1)NO. The van der Waals surface area contributed by atoms with Crippen LogP contribution in [0.25, 0.3) is 6.08 Å². The predicted octanol–water partition coefficient (Wildman–Crippen LogP) is 1.46. The van der Waals surface area contributed by atoms with Crippen molar-refractivity contribution in [3.05, 3.63) is 53.4 Å². The normalized spacial score (nSPS) is 21.5. The molecule has 166 valence electrons. The van der Waals surface area contributed by atoms with Crippen molar-refractivity contribution in [2.45, 2.75) is 50.4 Å². The quantitative estimate of drug-likeness (QED) is 0.348. The number of benzene rings is 1. The highest BCUT2D eigenvalue weighted by atomic mass is 16.5. The van der Waals surface area contributed by atoms with Crippen molar-refractivity contribution in [3.8, 4) is 0 Å². The van der Waals surface area contributed by atoms with E-state index in [1.807, 2.05) is 23.0 Å². The number of aliphatic hydroxyl groups is 1.